The van der Waals surface area contributed by atoms with Crippen molar-refractivity contribution in [2.24, 2.45) is 0 Å². The molecule has 0 bridgehead atoms. The Bertz CT molecular complexity index is 898. The number of aliphatic carboxylic acids is 1. The van der Waals surface area contributed by atoms with E-state index in [9.17, 15) is 23.1 Å². The summed E-state index contributed by atoms with van der Waals surface area (Å²) in [5.41, 5.74) is 1.60. The SMILES string of the molecule is Cc1ccc(S(=O)(=O)N(C)CC(=O)N[C@@H](Cc2ccncc2)C(=O)O)cc1. The molecule has 27 heavy (non-hydrogen) atoms. The van der Waals surface area contributed by atoms with Gasteiger partial charge in [0.25, 0.3) is 0 Å². The lowest BCUT2D eigenvalue weighted by atomic mass is 10.1. The number of sulfonamides is 1. The zero-order valence-corrected chi connectivity index (χ0v) is 15.8. The molecule has 0 aliphatic heterocycles. The second-order valence-corrected chi connectivity index (χ2v) is 8.14. The third kappa shape index (κ3) is 5.60. The van der Waals surface area contributed by atoms with E-state index in [1.165, 1.54) is 31.6 Å². The van der Waals surface area contributed by atoms with Crippen molar-refractivity contribution in [3.8, 4) is 0 Å². The average molecular weight is 391 g/mol. The molecule has 0 fully saturated rings. The van der Waals surface area contributed by atoms with Crippen molar-refractivity contribution in [3.05, 3.63) is 59.9 Å². The third-order valence-corrected chi connectivity index (χ3v) is 5.74. The Hall–Kier alpha value is -2.78. The number of aromatic nitrogens is 1. The van der Waals surface area contributed by atoms with Crippen molar-refractivity contribution in [3.63, 3.8) is 0 Å². The molecular formula is C18H21N3O5S. The van der Waals surface area contributed by atoms with Gasteiger partial charge >= 0.3 is 5.97 Å². The minimum Gasteiger partial charge on any atom is -0.480 e. The van der Waals surface area contributed by atoms with Crippen molar-refractivity contribution in [2.45, 2.75) is 24.3 Å². The van der Waals surface area contributed by atoms with Crippen LogP contribution >= 0.6 is 0 Å². The average Bonchev–Trinajstić information content (AvgIpc) is 2.62. The number of carbonyl (C=O) groups is 2. The third-order valence-electron chi connectivity index (χ3n) is 3.92. The normalized spacial score (nSPS) is 12.6. The van der Waals surface area contributed by atoms with E-state index in [2.05, 4.69) is 10.3 Å². The second-order valence-electron chi connectivity index (χ2n) is 6.09. The number of hydrogen-bond donors (Lipinski definition) is 2. The van der Waals surface area contributed by atoms with E-state index in [4.69, 9.17) is 0 Å². The summed E-state index contributed by atoms with van der Waals surface area (Å²) in [4.78, 5) is 27.5. The summed E-state index contributed by atoms with van der Waals surface area (Å²) in [5, 5.41) is 11.7. The highest BCUT2D eigenvalue weighted by molar-refractivity contribution is 7.89. The van der Waals surface area contributed by atoms with Crippen molar-refractivity contribution in [1.29, 1.82) is 0 Å². The molecule has 0 aliphatic carbocycles. The van der Waals surface area contributed by atoms with Gasteiger partial charge in [0.1, 0.15) is 6.04 Å². The van der Waals surface area contributed by atoms with Gasteiger partial charge in [-0.05, 0) is 36.8 Å². The largest absolute Gasteiger partial charge is 0.480 e. The summed E-state index contributed by atoms with van der Waals surface area (Å²) in [6.45, 7) is 1.35. The summed E-state index contributed by atoms with van der Waals surface area (Å²) in [7, 11) is -2.58. The summed E-state index contributed by atoms with van der Waals surface area (Å²) in [5.74, 6) is -1.90. The van der Waals surface area contributed by atoms with E-state index >= 15 is 0 Å². The first-order valence-corrected chi connectivity index (χ1v) is 9.58. The lowest BCUT2D eigenvalue weighted by molar-refractivity contribution is -0.141. The molecule has 1 aromatic carbocycles. The van der Waals surface area contributed by atoms with Gasteiger partial charge < -0.3 is 10.4 Å². The van der Waals surface area contributed by atoms with Crippen LogP contribution in [-0.4, -0.2) is 54.3 Å². The molecule has 0 aliphatic rings. The van der Waals surface area contributed by atoms with Crippen LogP contribution in [0.4, 0.5) is 0 Å². The quantitative estimate of drug-likeness (QED) is 0.688. The minimum absolute atomic E-state index is 0.0648. The Morgan fingerprint density at radius 2 is 1.74 bits per heavy atom. The summed E-state index contributed by atoms with van der Waals surface area (Å²) in [6.07, 6.45) is 3.12. The zero-order valence-electron chi connectivity index (χ0n) is 15.0. The fraction of sp³-hybridized carbons (Fsp3) is 0.278. The van der Waals surface area contributed by atoms with Gasteiger partial charge in [-0.1, -0.05) is 17.7 Å². The highest BCUT2D eigenvalue weighted by Gasteiger charge is 2.26. The van der Waals surface area contributed by atoms with E-state index in [0.29, 0.717) is 5.56 Å². The molecule has 0 saturated heterocycles. The topological polar surface area (TPSA) is 117 Å². The predicted molar refractivity (Wildman–Crippen MR) is 98.5 cm³/mol. The standard InChI is InChI=1S/C18H21N3O5S/c1-13-3-5-15(6-4-13)27(25,26)21(2)12-17(22)20-16(18(23)24)11-14-7-9-19-10-8-14/h3-10,16H,11-12H2,1-2H3,(H,20,22)(H,23,24)/t16-/m0/s1. The van der Waals surface area contributed by atoms with Crippen LogP contribution in [0, 0.1) is 6.92 Å². The number of benzene rings is 1. The first-order valence-electron chi connectivity index (χ1n) is 8.14. The molecule has 8 nitrogen and oxygen atoms in total. The molecule has 0 saturated carbocycles. The Kier molecular flexibility index (Phi) is 6.65. The lowest BCUT2D eigenvalue weighted by Gasteiger charge is -2.19. The Balaban J connectivity index is 2.03. The Labute approximate surface area is 157 Å². The zero-order chi connectivity index (χ0) is 20.0. The molecule has 0 unspecified atom stereocenters. The predicted octanol–water partition coefficient (Wildman–Crippen LogP) is 0.823. The van der Waals surface area contributed by atoms with Crippen LogP contribution in [0.3, 0.4) is 0 Å². The van der Waals surface area contributed by atoms with Gasteiger partial charge in [-0.25, -0.2) is 13.2 Å². The number of likely N-dealkylation sites (N-methyl/N-ethyl adjacent to an activating group) is 1. The van der Waals surface area contributed by atoms with Crippen molar-refractivity contribution >= 4 is 21.9 Å². The maximum absolute atomic E-state index is 12.5. The van der Waals surface area contributed by atoms with E-state index in [-0.39, 0.29) is 11.3 Å². The Morgan fingerprint density at radius 1 is 1.15 bits per heavy atom. The van der Waals surface area contributed by atoms with Crippen molar-refractivity contribution < 1.29 is 23.1 Å². The molecule has 144 valence electrons. The van der Waals surface area contributed by atoms with Gasteiger partial charge in [0.2, 0.25) is 15.9 Å². The number of carboxylic acids is 1. The number of pyridine rings is 1. The van der Waals surface area contributed by atoms with Gasteiger partial charge in [0.05, 0.1) is 11.4 Å². The molecule has 1 amide bonds. The fourth-order valence-electron chi connectivity index (χ4n) is 2.37. The lowest BCUT2D eigenvalue weighted by Crippen LogP contribution is -2.46. The molecule has 1 atom stereocenters. The monoisotopic (exact) mass is 391 g/mol. The molecule has 2 N–H and O–H groups in total. The molecule has 9 heteroatoms. The highest BCUT2D eigenvalue weighted by Crippen LogP contribution is 2.14. The number of nitrogens with one attached hydrogen (secondary N) is 1. The second kappa shape index (κ2) is 8.74. The first kappa shape index (κ1) is 20.5. The van der Waals surface area contributed by atoms with E-state index in [1.807, 2.05) is 6.92 Å². The number of carboxylic acid groups (broad SMARTS) is 1. The molecule has 1 aromatic heterocycles. The maximum Gasteiger partial charge on any atom is 0.326 e. The van der Waals surface area contributed by atoms with Crippen LogP contribution in [0.25, 0.3) is 0 Å². The number of rotatable bonds is 8. The van der Waals surface area contributed by atoms with Gasteiger partial charge in [0.15, 0.2) is 0 Å². The number of aryl methyl sites for hydroxylation is 1. The van der Waals surface area contributed by atoms with E-state index < -0.39 is 34.5 Å². The van der Waals surface area contributed by atoms with Crippen LogP contribution in [0.5, 0.6) is 0 Å². The van der Waals surface area contributed by atoms with Gasteiger partial charge in [-0.15, -0.1) is 0 Å². The number of carbonyl (C=O) groups excluding carboxylic acids is 1. The van der Waals surface area contributed by atoms with Crippen LogP contribution in [0.2, 0.25) is 0 Å². The van der Waals surface area contributed by atoms with Gasteiger partial charge in [-0.3, -0.25) is 9.78 Å². The highest BCUT2D eigenvalue weighted by atomic mass is 32.2. The molecule has 2 aromatic rings. The molecule has 1 heterocycles. The van der Waals surface area contributed by atoms with E-state index in [1.54, 1.807) is 24.3 Å². The first-order chi connectivity index (χ1) is 12.7. The molecule has 0 spiro atoms. The molecule has 2 rings (SSSR count). The van der Waals surface area contributed by atoms with Crippen LogP contribution < -0.4 is 5.32 Å². The fourth-order valence-corrected chi connectivity index (χ4v) is 3.50. The molecular weight excluding hydrogens is 370 g/mol. The summed E-state index contributed by atoms with van der Waals surface area (Å²) in [6, 6.07) is 8.37. The smallest absolute Gasteiger partial charge is 0.326 e. The van der Waals surface area contributed by atoms with Crippen molar-refractivity contribution in [1.82, 2.24) is 14.6 Å². The van der Waals surface area contributed by atoms with Crippen LogP contribution in [0.15, 0.2) is 53.7 Å². The molecule has 0 radical (unpaired) electrons. The number of hydrogen-bond acceptors (Lipinski definition) is 5. The summed E-state index contributed by atoms with van der Waals surface area (Å²) < 4.78 is 25.9. The van der Waals surface area contributed by atoms with Gasteiger partial charge in [-0.2, -0.15) is 4.31 Å². The van der Waals surface area contributed by atoms with Gasteiger partial charge in [0, 0.05) is 25.9 Å². The number of nitrogens with zero attached hydrogens (tertiary/aromatic N) is 2. The Morgan fingerprint density at radius 3 is 2.30 bits per heavy atom. The summed E-state index contributed by atoms with van der Waals surface area (Å²) >= 11 is 0. The van der Waals surface area contributed by atoms with Crippen molar-refractivity contribution in [2.75, 3.05) is 13.6 Å². The van der Waals surface area contributed by atoms with Crippen LogP contribution in [0.1, 0.15) is 11.1 Å². The van der Waals surface area contributed by atoms with E-state index in [0.717, 1.165) is 9.87 Å². The maximum atomic E-state index is 12.5. The van der Waals surface area contributed by atoms with Crippen LogP contribution in [-0.2, 0) is 26.0 Å². The number of amides is 1. The minimum atomic E-state index is -3.85.